The molecule has 3 rings (SSSR count). The SMILES string of the molecule is O=C(N[C@@H]1CCNC1)c1ccc(-c2ccc(Cl)cn2)cc1. The molecule has 1 aromatic heterocycles. The number of amides is 1. The van der Waals surface area contributed by atoms with Gasteiger partial charge in [0.2, 0.25) is 0 Å². The van der Waals surface area contributed by atoms with E-state index in [-0.39, 0.29) is 11.9 Å². The van der Waals surface area contributed by atoms with E-state index >= 15 is 0 Å². The molecule has 0 bridgehead atoms. The van der Waals surface area contributed by atoms with Crippen molar-refractivity contribution in [1.82, 2.24) is 15.6 Å². The molecule has 1 saturated heterocycles. The van der Waals surface area contributed by atoms with E-state index in [0.717, 1.165) is 30.8 Å². The zero-order chi connectivity index (χ0) is 14.7. The van der Waals surface area contributed by atoms with E-state index in [1.807, 2.05) is 30.3 Å². The maximum Gasteiger partial charge on any atom is 0.251 e. The van der Waals surface area contributed by atoms with E-state index in [1.165, 1.54) is 0 Å². The van der Waals surface area contributed by atoms with Gasteiger partial charge in [0.1, 0.15) is 0 Å². The quantitative estimate of drug-likeness (QED) is 0.916. The molecule has 1 atom stereocenters. The topological polar surface area (TPSA) is 54.0 Å². The van der Waals surface area contributed by atoms with Crippen molar-refractivity contribution in [3.05, 3.63) is 53.2 Å². The van der Waals surface area contributed by atoms with Crippen LogP contribution in [0.15, 0.2) is 42.6 Å². The van der Waals surface area contributed by atoms with Crippen LogP contribution >= 0.6 is 11.6 Å². The van der Waals surface area contributed by atoms with E-state index < -0.39 is 0 Å². The molecule has 2 heterocycles. The number of carbonyl (C=O) groups excluding carboxylic acids is 1. The number of pyridine rings is 1. The molecule has 0 spiro atoms. The summed E-state index contributed by atoms with van der Waals surface area (Å²) in [4.78, 5) is 16.4. The van der Waals surface area contributed by atoms with Gasteiger partial charge in [-0.05, 0) is 37.2 Å². The fourth-order valence-electron chi connectivity index (χ4n) is 2.39. The maximum absolute atomic E-state index is 12.1. The summed E-state index contributed by atoms with van der Waals surface area (Å²) in [6, 6.07) is 11.3. The minimum Gasteiger partial charge on any atom is -0.348 e. The summed E-state index contributed by atoms with van der Waals surface area (Å²) in [6.07, 6.45) is 2.60. The highest BCUT2D eigenvalue weighted by atomic mass is 35.5. The third kappa shape index (κ3) is 3.40. The van der Waals surface area contributed by atoms with Crippen molar-refractivity contribution in [2.45, 2.75) is 12.5 Å². The summed E-state index contributed by atoms with van der Waals surface area (Å²) in [5.74, 6) is -0.0284. The van der Waals surface area contributed by atoms with Gasteiger partial charge < -0.3 is 10.6 Å². The molecule has 21 heavy (non-hydrogen) atoms. The van der Waals surface area contributed by atoms with Crippen LogP contribution in [-0.2, 0) is 0 Å². The van der Waals surface area contributed by atoms with Crippen LogP contribution in [0, 0.1) is 0 Å². The average molecular weight is 302 g/mol. The normalized spacial score (nSPS) is 17.7. The van der Waals surface area contributed by atoms with Crippen LogP contribution in [-0.4, -0.2) is 30.0 Å². The van der Waals surface area contributed by atoms with Crippen molar-refractivity contribution in [2.24, 2.45) is 0 Å². The highest BCUT2D eigenvalue weighted by molar-refractivity contribution is 6.30. The van der Waals surface area contributed by atoms with Crippen molar-refractivity contribution in [3.8, 4) is 11.3 Å². The first-order valence-corrected chi connectivity index (χ1v) is 7.34. The second-order valence-electron chi connectivity index (χ2n) is 5.10. The Morgan fingerprint density at radius 3 is 2.67 bits per heavy atom. The second kappa shape index (κ2) is 6.24. The lowest BCUT2D eigenvalue weighted by atomic mass is 10.1. The summed E-state index contributed by atoms with van der Waals surface area (Å²) in [5, 5.41) is 6.87. The van der Waals surface area contributed by atoms with Crippen LogP contribution in [0.1, 0.15) is 16.8 Å². The Balaban J connectivity index is 1.71. The van der Waals surface area contributed by atoms with Crippen LogP contribution in [0.4, 0.5) is 0 Å². The number of aromatic nitrogens is 1. The molecule has 2 aromatic rings. The number of nitrogens with one attached hydrogen (secondary N) is 2. The predicted molar refractivity (Wildman–Crippen MR) is 83.4 cm³/mol. The molecular weight excluding hydrogens is 286 g/mol. The fourth-order valence-corrected chi connectivity index (χ4v) is 2.50. The van der Waals surface area contributed by atoms with Gasteiger partial charge in [0.15, 0.2) is 0 Å². The van der Waals surface area contributed by atoms with Gasteiger partial charge in [-0.2, -0.15) is 0 Å². The molecule has 0 saturated carbocycles. The summed E-state index contributed by atoms with van der Waals surface area (Å²) >= 11 is 5.83. The number of hydrogen-bond acceptors (Lipinski definition) is 3. The second-order valence-corrected chi connectivity index (χ2v) is 5.54. The molecule has 1 amide bonds. The van der Waals surface area contributed by atoms with Crippen LogP contribution in [0.25, 0.3) is 11.3 Å². The Morgan fingerprint density at radius 2 is 2.05 bits per heavy atom. The minimum atomic E-state index is -0.0284. The standard InChI is InChI=1S/C16H16ClN3O/c17-13-5-6-15(19-9-13)11-1-3-12(4-2-11)16(21)20-14-7-8-18-10-14/h1-6,9,14,18H,7-8,10H2,(H,20,21)/t14-/m1/s1. The van der Waals surface area contributed by atoms with Crippen molar-refractivity contribution in [3.63, 3.8) is 0 Å². The fraction of sp³-hybridized carbons (Fsp3) is 0.250. The zero-order valence-electron chi connectivity index (χ0n) is 11.5. The number of benzene rings is 1. The van der Waals surface area contributed by atoms with Crippen molar-refractivity contribution in [1.29, 1.82) is 0 Å². The van der Waals surface area contributed by atoms with E-state index in [2.05, 4.69) is 15.6 Å². The van der Waals surface area contributed by atoms with Crippen LogP contribution < -0.4 is 10.6 Å². The lowest BCUT2D eigenvalue weighted by molar-refractivity contribution is 0.0940. The molecule has 4 nitrogen and oxygen atoms in total. The first-order chi connectivity index (χ1) is 10.2. The first kappa shape index (κ1) is 14.0. The molecule has 1 aromatic carbocycles. The third-order valence-corrected chi connectivity index (χ3v) is 3.79. The van der Waals surface area contributed by atoms with Crippen molar-refractivity contribution < 1.29 is 4.79 Å². The summed E-state index contributed by atoms with van der Waals surface area (Å²) < 4.78 is 0. The van der Waals surface area contributed by atoms with Crippen LogP contribution in [0.5, 0.6) is 0 Å². The van der Waals surface area contributed by atoms with E-state index in [1.54, 1.807) is 12.3 Å². The minimum absolute atomic E-state index is 0.0284. The Hall–Kier alpha value is -1.91. The Labute approximate surface area is 128 Å². The van der Waals surface area contributed by atoms with Gasteiger partial charge in [-0.15, -0.1) is 0 Å². The van der Waals surface area contributed by atoms with Gasteiger partial charge in [-0.1, -0.05) is 23.7 Å². The largest absolute Gasteiger partial charge is 0.348 e. The van der Waals surface area contributed by atoms with Crippen LogP contribution in [0.3, 0.4) is 0 Å². The Bertz CT molecular complexity index is 619. The van der Waals surface area contributed by atoms with Gasteiger partial charge in [-0.3, -0.25) is 9.78 Å². The van der Waals surface area contributed by atoms with Gasteiger partial charge >= 0.3 is 0 Å². The highest BCUT2D eigenvalue weighted by Crippen LogP contribution is 2.19. The predicted octanol–water partition coefficient (Wildman–Crippen LogP) is 2.49. The molecule has 0 unspecified atom stereocenters. The monoisotopic (exact) mass is 301 g/mol. The lowest BCUT2D eigenvalue weighted by Crippen LogP contribution is -2.36. The van der Waals surface area contributed by atoms with E-state index in [0.29, 0.717) is 10.6 Å². The van der Waals surface area contributed by atoms with Gasteiger partial charge in [0, 0.05) is 29.9 Å². The number of rotatable bonds is 3. The zero-order valence-corrected chi connectivity index (χ0v) is 12.2. The number of halogens is 1. The van der Waals surface area contributed by atoms with Crippen LogP contribution in [0.2, 0.25) is 5.02 Å². The lowest BCUT2D eigenvalue weighted by Gasteiger charge is -2.11. The highest BCUT2D eigenvalue weighted by Gasteiger charge is 2.17. The molecule has 1 aliphatic heterocycles. The molecule has 5 heteroatoms. The van der Waals surface area contributed by atoms with E-state index in [9.17, 15) is 4.79 Å². The summed E-state index contributed by atoms with van der Waals surface area (Å²) in [6.45, 7) is 1.81. The van der Waals surface area contributed by atoms with Crippen molar-refractivity contribution in [2.75, 3.05) is 13.1 Å². The number of hydrogen-bond donors (Lipinski definition) is 2. The molecule has 0 aliphatic carbocycles. The van der Waals surface area contributed by atoms with Gasteiger partial charge in [0.25, 0.3) is 5.91 Å². The van der Waals surface area contributed by atoms with Gasteiger partial charge in [-0.25, -0.2) is 0 Å². The average Bonchev–Trinajstić information content (AvgIpc) is 3.01. The van der Waals surface area contributed by atoms with Crippen molar-refractivity contribution >= 4 is 17.5 Å². The molecular formula is C16H16ClN3O. The van der Waals surface area contributed by atoms with Gasteiger partial charge in [0.05, 0.1) is 10.7 Å². The molecule has 2 N–H and O–H groups in total. The molecule has 1 aliphatic rings. The number of carbonyl (C=O) groups is 1. The maximum atomic E-state index is 12.1. The molecule has 0 radical (unpaired) electrons. The van der Waals surface area contributed by atoms with E-state index in [4.69, 9.17) is 11.6 Å². The molecule has 108 valence electrons. The Kier molecular flexibility index (Phi) is 4.18. The Morgan fingerprint density at radius 1 is 1.24 bits per heavy atom. The third-order valence-electron chi connectivity index (χ3n) is 3.57. The first-order valence-electron chi connectivity index (χ1n) is 6.96. The summed E-state index contributed by atoms with van der Waals surface area (Å²) in [5.41, 5.74) is 2.47. The smallest absolute Gasteiger partial charge is 0.251 e. The summed E-state index contributed by atoms with van der Waals surface area (Å²) in [7, 11) is 0. The number of nitrogens with zero attached hydrogens (tertiary/aromatic N) is 1. The molecule has 1 fully saturated rings.